The molecule has 0 spiro atoms. The van der Waals surface area contributed by atoms with E-state index >= 15 is 0 Å². The molecule has 11 heteroatoms. The van der Waals surface area contributed by atoms with E-state index < -0.39 is 11.7 Å². The Bertz CT molecular complexity index is 1100. The van der Waals surface area contributed by atoms with Crippen LogP contribution in [-0.2, 0) is 11.0 Å². The highest BCUT2D eigenvalue weighted by atomic mass is 19.4. The summed E-state index contributed by atoms with van der Waals surface area (Å²) in [6.45, 7) is 1.45. The molecule has 0 bridgehead atoms. The van der Waals surface area contributed by atoms with Gasteiger partial charge in [0.15, 0.2) is 0 Å². The molecule has 1 saturated heterocycles. The second-order valence-corrected chi connectivity index (χ2v) is 8.09. The summed E-state index contributed by atoms with van der Waals surface area (Å²) in [5, 5.41) is 5.73. The molecule has 3 heterocycles. The summed E-state index contributed by atoms with van der Waals surface area (Å²) in [6.07, 6.45) is 7.89. The van der Waals surface area contributed by atoms with Gasteiger partial charge in [0, 0.05) is 68.4 Å². The van der Waals surface area contributed by atoms with Crippen molar-refractivity contribution in [3.63, 3.8) is 0 Å². The van der Waals surface area contributed by atoms with Gasteiger partial charge in [-0.1, -0.05) is 0 Å². The number of hydrogen-bond donors (Lipinski definition) is 2. The molecule has 0 unspecified atom stereocenters. The van der Waals surface area contributed by atoms with Crippen molar-refractivity contribution >= 4 is 35.3 Å². The molecule has 2 aromatic rings. The van der Waals surface area contributed by atoms with Gasteiger partial charge in [0.1, 0.15) is 11.4 Å². The summed E-state index contributed by atoms with van der Waals surface area (Å²) >= 11 is 0. The van der Waals surface area contributed by atoms with E-state index in [-0.39, 0.29) is 24.2 Å². The van der Waals surface area contributed by atoms with Crippen LogP contribution in [0.3, 0.4) is 0 Å². The zero-order valence-corrected chi connectivity index (χ0v) is 19.0. The largest absolute Gasteiger partial charge is 0.421 e. The number of carbonyl (C=O) groups is 1. The molecule has 4 rings (SSSR count). The fraction of sp³-hybridized carbons (Fsp3) is 0.333. The number of amides is 1. The molecule has 1 fully saturated rings. The number of aromatic nitrogens is 2. The highest BCUT2D eigenvalue weighted by Crippen LogP contribution is 2.34. The van der Waals surface area contributed by atoms with Crippen molar-refractivity contribution in [1.29, 1.82) is 0 Å². The number of nitrogens with zero attached hydrogens (tertiary/aromatic N) is 5. The van der Waals surface area contributed by atoms with Crippen LogP contribution in [0.25, 0.3) is 0 Å². The number of halogens is 3. The van der Waals surface area contributed by atoms with Gasteiger partial charge in [0.25, 0.3) is 0 Å². The van der Waals surface area contributed by atoms with Gasteiger partial charge in [-0.25, -0.2) is 4.98 Å². The lowest BCUT2D eigenvalue weighted by Gasteiger charge is -2.26. The first-order valence-corrected chi connectivity index (χ1v) is 11.4. The molecule has 0 radical (unpaired) electrons. The van der Waals surface area contributed by atoms with Crippen LogP contribution in [-0.4, -0.2) is 46.6 Å². The minimum absolute atomic E-state index is 0.0439. The summed E-state index contributed by atoms with van der Waals surface area (Å²) in [5.74, 6) is -0.151. The van der Waals surface area contributed by atoms with Gasteiger partial charge >= 0.3 is 6.18 Å². The first-order valence-electron chi connectivity index (χ1n) is 11.4. The molecular weight excluding hydrogens is 459 g/mol. The van der Waals surface area contributed by atoms with Crippen LogP contribution in [0.2, 0.25) is 0 Å². The smallest absolute Gasteiger partial charge is 0.369 e. The van der Waals surface area contributed by atoms with Gasteiger partial charge < -0.3 is 20.4 Å². The maximum atomic E-state index is 13.5. The molecule has 2 aliphatic heterocycles. The van der Waals surface area contributed by atoms with Crippen molar-refractivity contribution < 1.29 is 18.0 Å². The van der Waals surface area contributed by atoms with E-state index in [0.717, 1.165) is 24.7 Å². The quantitative estimate of drug-likeness (QED) is 0.516. The third kappa shape index (κ3) is 6.58. The number of nitrogens with one attached hydrogen (secondary N) is 2. The molecule has 2 N–H and O–H groups in total. The van der Waals surface area contributed by atoms with E-state index in [1.165, 1.54) is 0 Å². The average Bonchev–Trinajstić information content (AvgIpc) is 3.12. The molecule has 184 valence electrons. The number of benzene rings is 1. The predicted octanol–water partition coefficient (Wildman–Crippen LogP) is 4.93. The molecule has 8 nitrogen and oxygen atoms in total. The van der Waals surface area contributed by atoms with Crippen LogP contribution in [0.5, 0.6) is 0 Å². The molecule has 1 aromatic heterocycles. The van der Waals surface area contributed by atoms with E-state index in [1.807, 2.05) is 23.2 Å². The van der Waals surface area contributed by atoms with Crippen molar-refractivity contribution in [3.8, 4) is 0 Å². The van der Waals surface area contributed by atoms with Gasteiger partial charge in [-0.15, -0.1) is 0 Å². The van der Waals surface area contributed by atoms with Crippen molar-refractivity contribution in [2.75, 3.05) is 35.2 Å². The van der Waals surface area contributed by atoms with Crippen LogP contribution < -0.4 is 15.5 Å². The highest BCUT2D eigenvalue weighted by Gasteiger charge is 2.35. The zero-order valence-electron chi connectivity index (χ0n) is 19.0. The highest BCUT2D eigenvalue weighted by molar-refractivity contribution is 5.76. The number of allylic oxidation sites excluding steroid dienone is 1. The van der Waals surface area contributed by atoms with Crippen molar-refractivity contribution in [2.24, 2.45) is 4.99 Å². The van der Waals surface area contributed by atoms with Crippen LogP contribution in [0.15, 0.2) is 60.1 Å². The Morgan fingerprint density at radius 1 is 1.09 bits per heavy atom. The van der Waals surface area contributed by atoms with Gasteiger partial charge in [0.2, 0.25) is 11.9 Å². The Kier molecular flexibility index (Phi) is 7.64. The molecule has 0 aliphatic carbocycles. The van der Waals surface area contributed by atoms with Crippen LogP contribution in [0.1, 0.15) is 31.2 Å². The number of rotatable bonds is 8. The molecule has 2 aliphatic rings. The fourth-order valence-corrected chi connectivity index (χ4v) is 3.77. The number of piperidine rings is 1. The summed E-state index contributed by atoms with van der Waals surface area (Å²) in [5.41, 5.74) is 0.577. The number of carbonyl (C=O) groups excluding carboxylic acids is 1. The SMILES string of the molecule is O=C1CCCCN1CCCNc1nc(Nc2ccc(N3C=CC=NC=C3)cc2)ncc1C(F)(F)F. The van der Waals surface area contributed by atoms with Crippen LogP contribution in [0.4, 0.5) is 36.3 Å². The average molecular weight is 486 g/mol. The third-order valence-electron chi connectivity index (χ3n) is 5.57. The van der Waals surface area contributed by atoms with E-state index in [0.29, 0.717) is 31.6 Å². The van der Waals surface area contributed by atoms with Crippen LogP contribution >= 0.6 is 0 Å². The number of hydrogen-bond acceptors (Lipinski definition) is 7. The first-order chi connectivity index (χ1) is 16.9. The summed E-state index contributed by atoms with van der Waals surface area (Å²) < 4.78 is 40.5. The van der Waals surface area contributed by atoms with Crippen LogP contribution in [0, 0.1) is 0 Å². The zero-order chi connectivity index (χ0) is 24.7. The fourth-order valence-electron chi connectivity index (χ4n) is 3.77. The second kappa shape index (κ2) is 11.0. The number of anilines is 4. The van der Waals surface area contributed by atoms with E-state index in [2.05, 4.69) is 25.6 Å². The predicted molar refractivity (Wildman–Crippen MR) is 130 cm³/mol. The molecular formula is C24H26F3N7O. The molecule has 35 heavy (non-hydrogen) atoms. The summed E-state index contributed by atoms with van der Waals surface area (Å²) in [7, 11) is 0. The topological polar surface area (TPSA) is 85.8 Å². The Morgan fingerprint density at radius 2 is 1.91 bits per heavy atom. The first kappa shape index (κ1) is 24.2. The molecule has 0 saturated carbocycles. The monoisotopic (exact) mass is 485 g/mol. The van der Waals surface area contributed by atoms with Gasteiger partial charge in [-0.2, -0.15) is 18.2 Å². The Morgan fingerprint density at radius 3 is 2.69 bits per heavy atom. The Balaban J connectivity index is 1.40. The maximum Gasteiger partial charge on any atom is 0.421 e. The van der Waals surface area contributed by atoms with Crippen molar-refractivity contribution in [3.05, 3.63) is 60.7 Å². The number of likely N-dealkylation sites (tertiary alicyclic amines) is 1. The Hall–Kier alpha value is -3.89. The lowest BCUT2D eigenvalue weighted by Crippen LogP contribution is -2.36. The van der Waals surface area contributed by atoms with Gasteiger partial charge in [-0.3, -0.25) is 9.79 Å². The molecule has 0 atom stereocenters. The Labute approximate surface area is 201 Å². The third-order valence-corrected chi connectivity index (χ3v) is 5.57. The van der Waals surface area contributed by atoms with Gasteiger partial charge in [-0.05, 0) is 49.6 Å². The second-order valence-electron chi connectivity index (χ2n) is 8.09. The van der Waals surface area contributed by atoms with Gasteiger partial charge in [0.05, 0.1) is 0 Å². The minimum atomic E-state index is -4.59. The lowest BCUT2D eigenvalue weighted by atomic mass is 10.1. The summed E-state index contributed by atoms with van der Waals surface area (Å²) in [4.78, 5) is 27.5. The maximum absolute atomic E-state index is 13.5. The van der Waals surface area contributed by atoms with E-state index in [1.54, 1.807) is 41.7 Å². The lowest BCUT2D eigenvalue weighted by molar-refractivity contribution is -0.137. The van der Waals surface area contributed by atoms with E-state index in [4.69, 9.17) is 0 Å². The standard InChI is InChI=1S/C24H26F3N7O/c25-24(26,27)20-17-30-23(32-22(20)29-11-4-15-34-13-2-1-5-21(34)35)31-18-6-8-19(9-7-18)33-14-3-10-28-12-16-33/h3,6-10,12,14,16-17H,1-2,4-5,11,13,15H2,(H2,29,30,31,32). The summed E-state index contributed by atoms with van der Waals surface area (Å²) in [6, 6.07) is 7.28. The normalized spacial score (nSPS) is 15.9. The van der Waals surface area contributed by atoms with Crippen molar-refractivity contribution in [1.82, 2.24) is 14.9 Å². The molecule has 1 aromatic carbocycles. The van der Waals surface area contributed by atoms with Crippen molar-refractivity contribution in [2.45, 2.75) is 31.9 Å². The number of aliphatic imine (C=N–C) groups is 1. The molecule has 1 amide bonds. The minimum Gasteiger partial charge on any atom is -0.369 e. The number of alkyl halides is 3. The van der Waals surface area contributed by atoms with E-state index in [9.17, 15) is 18.0 Å².